The van der Waals surface area contributed by atoms with E-state index in [2.05, 4.69) is 32.8 Å². The van der Waals surface area contributed by atoms with Crippen LogP contribution in [0.4, 0.5) is 4.79 Å². The Labute approximate surface area is 165 Å². The fourth-order valence-corrected chi connectivity index (χ4v) is 3.26. The molecule has 1 saturated carbocycles. The lowest BCUT2D eigenvalue weighted by molar-refractivity contribution is -0.134. The first-order chi connectivity index (χ1) is 13.6. The summed E-state index contributed by atoms with van der Waals surface area (Å²) in [6.07, 6.45) is 3.01. The number of carbonyl (C=O) groups excluding carboxylic acids is 2. The number of carbonyl (C=O) groups is 2. The van der Waals surface area contributed by atoms with Gasteiger partial charge >= 0.3 is 6.09 Å². The minimum Gasteiger partial charge on any atom is -0.453 e. The highest BCUT2D eigenvalue weighted by atomic mass is 16.5. The maximum absolute atomic E-state index is 12.5. The van der Waals surface area contributed by atoms with E-state index in [1.54, 1.807) is 0 Å². The monoisotopic (exact) mass is 390 g/mol. The molecule has 0 radical (unpaired) electrons. The molecular formula is C20H30N4O4. The van der Waals surface area contributed by atoms with Crippen LogP contribution in [0, 0.1) is 0 Å². The number of alkyl carbamates (subject to hydrolysis) is 1. The van der Waals surface area contributed by atoms with Gasteiger partial charge in [-0.3, -0.25) is 9.78 Å². The zero-order valence-corrected chi connectivity index (χ0v) is 16.6. The number of amides is 2. The highest BCUT2D eigenvalue weighted by Gasteiger charge is 2.27. The predicted octanol–water partition coefficient (Wildman–Crippen LogP) is 1.41. The number of nitrogens with zero attached hydrogens (tertiary/aromatic N) is 1. The molecule has 3 N–H and O–H groups in total. The highest BCUT2D eigenvalue weighted by molar-refractivity contribution is 5.81. The molecular weight excluding hydrogens is 360 g/mol. The number of morpholine rings is 1. The van der Waals surface area contributed by atoms with Gasteiger partial charge in [0, 0.05) is 36.9 Å². The Morgan fingerprint density at radius 1 is 1.39 bits per heavy atom. The van der Waals surface area contributed by atoms with E-state index in [9.17, 15) is 9.59 Å². The predicted molar refractivity (Wildman–Crippen MR) is 104 cm³/mol. The maximum atomic E-state index is 12.5. The van der Waals surface area contributed by atoms with Gasteiger partial charge in [-0.15, -0.1) is 0 Å². The topological polar surface area (TPSA) is 102 Å². The molecule has 2 atom stereocenters. The molecule has 3 rings (SSSR count). The van der Waals surface area contributed by atoms with E-state index in [4.69, 9.17) is 9.72 Å². The van der Waals surface area contributed by atoms with E-state index < -0.39 is 12.2 Å². The van der Waals surface area contributed by atoms with Gasteiger partial charge in [0.05, 0.1) is 19.8 Å². The minimum atomic E-state index is -0.440. The molecule has 28 heavy (non-hydrogen) atoms. The van der Waals surface area contributed by atoms with Gasteiger partial charge < -0.3 is 25.4 Å². The molecule has 2 fully saturated rings. The normalized spacial score (nSPS) is 20.3. The third-order valence-electron chi connectivity index (χ3n) is 5.06. The summed E-state index contributed by atoms with van der Waals surface area (Å²) in [6.45, 7) is 4.40. The quantitative estimate of drug-likeness (QED) is 0.580. The number of methoxy groups -OCH3 is 1. The van der Waals surface area contributed by atoms with Crippen LogP contribution in [0.1, 0.15) is 55.1 Å². The molecule has 1 aliphatic carbocycles. The average molecular weight is 390 g/mol. The fourth-order valence-electron chi connectivity index (χ4n) is 3.26. The zero-order valence-electron chi connectivity index (χ0n) is 16.6. The van der Waals surface area contributed by atoms with E-state index in [0.29, 0.717) is 25.6 Å². The van der Waals surface area contributed by atoms with Crippen LogP contribution in [0.15, 0.2) is 12.1 Å². The van der Waals surface area contributed by atoms with Gasteiger partial charge in [0.2, 0.25) is 0 Å². The van der Waals surface area contributed by atoms with E-state index in [-0.39, 0.29) is 11.9 Å². The van der Waals surface area contributed by atoms with Crippen molar-refractivity contribution in [3.8, 4) is 0 Å². The molecule has 2 aliphatic rings. The second kappa shape index (κ2) is 9.84. The largest absolute Gasteiger partial charge is 0.453 e. The molecule has 2 amide bonds. The van der Waals surface area contributed by atoms with Crippen molar-refractivity contribution in [1.29, 1.82) is 0 Å². The molecule has 154 valence electrons. The molecule has 1 aromatic heterocycles. The van der Waals surface area contributed by atoms with Crippen LogP contribution in [0.5, 0.6) is 0 Å². The van der Waals surface area contributed by atoms with Crippen molar-refractivity contribution in [1.82, 2.24) is 20.9 Å². The van der Waals surface area contributed by atoms with Crippen LogP contribution >= 0.6 is 0 Å². The summed E-state index contributed by atoms with van der Waals surface area (Å²) < 4.78 is 10.1. The van der Waals surface area contributed by atoms with E-state index in [0.717, 1.165) is 36.3 Å². The number of pyridine rings is 1. The van der Waals surface area contributed by atoms with Gasteiger partial charge in [0.15, 0.2) is 0 Å². The van der Waals surface area contributed by atoms with Crippen LogP contribution in [-0.2, 0) is 20.7 Å². The summed E-state index contributed by atoms with van der Waals surface area (Å²) in [5, 5.41) is 8.93. The number of ether oxygens (including phenoxy) is 2. The molecule has 2 heterocycles. The van der Waals surface area contributed by atoms with Gasteiger partial charge in [0.25, 0.3) is 5.91 Å². The highest BCUT2D eigenvalue weighted by Crippen LogP contribution is 2.39. The van der Waals surface area contributed by atoms with E-state index in [1.807, 2.05) is 6.92 Å². The molecule has 1 aliphatic heterocycles. The third kappa shape index (κ3) is 5.90. The molecule has 0 unspecified atom stereocenters. The molecule has 0 bridgehead atoms. The van der Waals surface area contributed by atoms with Gasteiger partial charge in [-0.1, -0.05) is 0 Å². The molecule has 1 saturated heterocycles. The van der Waals surface area contributed by atoms with Crippen molar-refractivity contribution in [3.63, 3.8) is 0 Å². The Morgan fingerprint density at radius 2 is 2.21 bits per heavy atom. The number of rotatable bonds is 8. The lowest BCUT2D eigenvalue weighted by Crippen LogP contribution is -2.48. The standard InChI is InChI=1S/C20H30N4O4/c1-13(23-19(25)18-12-21-8-9-28-18)15-10-16(4-3-7-22-20(26)27-2)24-17(11-15)14-5-6-14/h10-11,13-14,18,21H,3-9,12H2,1-2H3,(H,22,26)(H,23,25)/t13-,18-/m1/s1. The number of aromatic nitrogens is 1. The minimum absolute atomic E-state index is 0.0895. The molecule has 8 heteroatoms. The van der Waals surface area contributed by atoms with Crippen molar-refractivity contribution in [2.45, 2.75) is 50.7 Å². The third-order valence-corrected chi connectivity index (χ3v) is 5.06. The number of hydrogen-bond acceptors (Lipinski definition) is 6. The van der Waals surface area contributed by atoms with Gasteiger partial charge in [-0.25, -0.2) is 4.79 Å². The SMILES string of the molecule is COC(=O)NCCCc1cc([C@@H](C)NC(=O)[C@H]2CNCCO2)cc(C2CC2)n1. The van der Waals surface area contributed by atoms with Gasteiger partial charge in [0.1, 0.15) is 6.10 Å². The Kier molecular flexibility index (Phi) is 7.22. The first-order valence-corrected chi connectivity index (χ1v) is 10.0. The number of aryl methyl sites for hydroxylation is 1. The first kappa shape index (κ1) is 20.5. The van der Waals surface area contributed by atoms with Crippen LogP contribution in [0.3, 0.4) is 0 Å². The fraction of sp³-hybridized carbons (Fsp3) is 0.650. The van der Waals surface area contributed by atoms with Crippen molar-refractivity contribution in [3.05, 3.63) is 29.1 Å². The average Bonchev–Trinajstić information content (AvgIpc) is 3.56. The van der Waals surface area contributed by atoms with E-state index >= 15 is 0 Å². The Balaban J connectivity index is 1.61. The molecule has 0 aromatic carbocycles. The number of hydrogen-bond donors (Lipinski definition) is 3. The first-order valence-electron chi connectivity index (χ1n) is 10.0. The molecule has 1 aromatic rings. The Bertz CT molecular complexity index is 687. The van der Waals surface area contributed by atoms with Crippen molar-refractivity contribution in [2.24, 2.45) is 0 Å². The van der Waals surface area contributed by atoms with E-state index in [1.165, 1.54) is 20.0 Å². The number of nitrogens with one attached hydrogen (secondary N) is 3. The Morgan fingerprint density at radius 3 is 2.89 bits per heavy atom. The Hall–Kier alpha value is -2.19. The summed E-state index contributed by atoms with van der Waals surface area (Å²) in [5.41, 5.74) is 3.15. The van der Waals surface area contributed by atoms with Crippen LogP contribution in [0.2, 0.25) is 0 Å². The zero-order chi connectivity index (χ0) is 19.9. The smallest absolute Gasteiger partial charge is 0.406 e. The van der Waals surface area contributed by atoms with Gasteiger partial charge in [-0.2, -0.15) is 0 Å². The van der Waals surface area contributed by atoms with Crippen LogP contribution in [0.25, 0.3) is 0 Å². The lowest BCUT2D eigenvalue weighted by Gasteiger charge is -2.25. The molecule has 0 spiro atoms. The molecule has 8 nitrogen and oxygen atoms in total. The summed E-state index contributed by atoms with van der Waals surface area (Å²) >= 11 is 0. The van der Waals surface area contributed by atoms with Gasteiger partial charge in [-0.05, 0) is 50.3 Å². The second-order valence-electron chi connectivity index (χ2n) is 7.41. The van der Waals surface area contributed by atoms with Crippen LogP contribution < -0.4 is 16.0 Å². The van der Waals surface area contributed by atoms with Crippen molar-refractivity contribution >= 4 is 12.0 Å². The van der Waals surface area contributed by atoms with Crippen molar-refractivity contribution < 1.29 is 19.1 Å². The summed E-state index contributed by atoms with van der Waals surface area (Å²) in [7, 11) is 1.35. The maximum Gasteiger partial charge on any atom is 0.406 e. The summed E-state index contributed by atoms with van der Waals surface area (Å²) in [4.78, 5) is 28.4. The van der Waals surface area contributed by atoms with Crippen molar-refractivity contribution in [2.75, 3.05) is 33.4 Å². The lowest BCUT2D eigenvalue weighted by atomic mass is 10.0. The second-order valence-corrected chi connectivity index (χ2v) is 7.41. The van der Waals surface area contributed by atoms with Crippen LogP contribution in [-0.4, -0.2) is 56.4 Å². The summed E-state index contributed by atoms with van der Waals surface area (Å²) in [6, 6.07) is 4.04. The summed E-state index contributed by atoms with van der Waals surface area (Å²) in [5.74, 6) is 0.439.